The Morgan fingerprint density at radius 2 is 1.40 bits per heavy atom. The first-order chi connectivity index (χ1) is 13.8. The smallest absolute Gasteiger partial charge is 0.408 e. The molecule has 0 unspecified atom stereocenters. The number of rotatable bonds is 9. The van der Waals surface area contributed by atoms with Gasteiger partial charge in [0.1, 0.15) is 18.2 Å². The first-order valence-corrected chi connectivity index (χ1v) is 10.3. The molecule has 170 valence electrons. The van der Waals surface area contributed by atoms with Crippen LogP contribution in [0.3, 0.4) is 0 Å². The molecule has 1 N–H and O–H groups in total. The summed E-state index contributed by atoms with van der Waals surface area (Å²) in [5, 5.41) is 2.63. The standard InChI is InChI=1S/C23H39N3O4/c1-16(2)20(24-22(28)30-23(3,4)5)21(27)29-15-19-11-17(13-25(6)7)10-18(12-19)14-26(8)9/h10-12,16,20H,13-15H2,1-9H3,(H,24,28)/t20-/m0/s1. The Morgan fingerprint density at radius 3 is 1.80 bits per heavy atom. The molecule has 0 aromatic heterocycles. The van der Waals surface area contributed by atoms with Crippen molar-refractivity contribution in [2.45, 2.75) is 66.0 Å². The van der Waals surface area contributed by atoms with E-state index in [0.717, 1.165) is 29.8 Å². The lowest BCUT2D eigenvalue weighted by atomic mass is 10.0. The fraction of sp³-hybridized carbons (Fsp3) is 0.652. The Morgan fingerprint density at radius 1 is 0.933 bits per heavy atom. The molecule has 7 nitrogen and oxygen atoms in total. The van der Waals surface area contributed by atoms with Gasteiger partial charge in [-0.3, -0.25) is 0 Å². The lowest BCUT2D eigenvalue weighted by molar-refractivity contribution is -0.148. The van der Waals surface area contributed by atoms with E-state index in [9.17, 15) is 9.59 Å². The molecule has 0 saturated heterocycles. The van der Waals surface area contributed by atoms with Crippen molar-refractivity contribution in [1.82, 2.24) is 15.1 Å². The third-order valence-corrected chi connectivity index (χ3v) is 4.08. The number of hydrogen-bond donors (Lipinski definition) is 1. The topological polar surface area (TPSA) is 71.1 Å². The average Bonchev–Trinajstić information content (AvgIpc) is 2.54. The lowest BCUT2D eigenvalue weighted by Crippen LogP contribution is -2.47. The Bertz CT molecular complexity index is 681. The third-order valence-electron chi connectivity index (χ3n) is 4.08. The molecule has 0 saturated carbocycles. The van der Waals surface area contributed by atoms with Gasteiger partial charge < -0.3 is 24.6 Å². The number of esters is 1. The van der Waals surface area contributed by atoms with Crippen LogP contribution in [-0.4, -0.2) is 61.7 Å². The molecule has 0 aliphatic rings. The first kappa shape index (κ1) is 25.9. The minimum absolute atomic E-state index is 0.130. The number of benzene rings is 1. The molecule has 0 bridgehead atoms. The number of nitrogens with one attached hydrogen (secondary N) is 1. The molecule has 0 fully saturated rings. The SMILES string of the molecule is CC(C)[C@H](NC(=O)OC(C)(C)C)C(=O)OCc1cc(CN(C)C)cc(CN(C)C)c1. The predicted octanol–water partition coefficient (Wildman–Crippen LogP) is 3.40. The molecule has 0 spiro atoms. The van der Waals surface area contributed by atoms with Crippen LogP contribution in [0.15, 0.2) is 18.2 Å². The van der Waals surface area contributed by atoms with E-state index >= 15 is 0 Å². The Labute approximate surface area is 181 Å². The normalized spacial score (nSPS) is 12.9. The van der Waals surface area contributed by atoms with Crippen molar-refractivity contribution in [1.29, 1.82) is 0 Å². The van der Waals surface area contributed by atoms with E-state index in [1.165, 1.54) is 0 Å². The van der Waals surface area contributed by atoms with Crippen LogP contribution in [-0.2, 0) is 34.0 Å². The minimum Gasteiger partial charge on any atom is -0.459 e. The van der Waals surface area contributed by atoms with Crippen LogP contribution in [0.4, 0.5) is 4.79 Å². The van der Waals surface area contributed by atoms with Crippen molar-refractivity contribution >= 4 is 12.1 Å². The zero-order valence-corrected chi connectivity index (χ0v) is 20.0. The zero-order chi connectivity index (χ0) is 23.1. The van der Waals surface area contributed by atoms with E-state index < -0.39 is 23.7 Å². The van der Waals surface area contributed by atoms with Gasteiger partial charge in [0, 0.05) is 13.1 Å². The van der Waals surface area contributed by atoms with Crippen molar-refractivity contribution in [3.63, 3.8) is 0 Å². The number of amides is 1. The molecule has 1 rings (SSSR count). The van der Waals surface area contributed by atoms with Gasteiger partial charge in [0.2, 0.25) is 0 Å². The van der Waals surface area contributed by atoms with Crippen molar-refractivity contribution in [3.8, 4) is 0 Å². The van der Waals surface area contributed by atoms with E-state index in [1.807, 2.05) is 42.0 Å². The van der Waals surface area contributed by atoms with Crippen molar-refractivity contribution in [2.75, 3.05) is 28.2 Å². The van der Waals surface area contributed by atoms with Crippen molar-refractivity contribution in [2.24, 2.45) is 5.92 Å². The van der Waals surface area contributed by atoms with Gasteiger partial charge in [-0.25, -0.2) is 9.59 Å². The summed E-state index contributed by atoms with van der Waals surface area (Å²) >= 11 is 0. The molecule has 0 aliphatic carbocycles. The summed E-state index contributed by atoms with van der Waals surface area (Å²) in [4.78, 5) is 29.0. The van der Waals surface area contributed by atoms with E-state index in [1.54, 1.807) is 20.8 Å². The van der Waals surface area contributed by atoms with Gasteiger partial charge in [-0.05, 0) is 71.6 Å². The van der Waals surface area contributed by atoms with Crippen LogP contribution < -0.4 is 5.32 Å². The molecule has 0 radical (unpaired) electrons. The van der Waals surface area contributed by atoms with Crippen LogP contribution >= 0.6 is 0 Å². The fourth-order valence-corrected chi connectivity index (χ4v) is 3.01. The molecular formula is C23H39N3O4. The largest absolute Gasteiger partial charge is 0.459 e. The number of carbonyl (C=O) groups is 2. The van der Waals surface area contributed by atoms with Crippen molar-refractivity contribution < 1.29 is 19.1 Å². The van der Waals surface area contributed by atoms with Crippen molar-refractivity contribution in [3.05, 3.63) is 34.9 Å². The third kappa shape index (κ3) is 10.1. The summed E-state index contributed by atoms with van der Waals surface area (Å²) < 4.78 is 10.8. The highest BCUT2D eigenvalue weighted by atomic mass is 16.6. The van der Waals surface area contributed by atoms with Crippen LogP contribution in [0, 0.1) is 5.92 Å². The van der Waals surface area contributed by atoms with Crippen LogP contribution in [0.25, 0.3) is 0 Å². The molecule has 1 aromatic rings. The van der Waals surface area contributed by atoms with Gasteiger partial charge in [0.25, 0.3) is 0 Å². The number of ether oxygens (including phenoxy) is 2. The van der Waals surface area contributed by atoms with Crippen LogP contribution in [0.5, 0.6) is 0 Å². The molecule has 1 amide bonds. The Kier molecular flexibility index (Phi) is 9.78. The lowest BCUT2D eigenvalue weighted by Gasteiger charge is -2.24. The molecule has 1 aromatic carbocycles. The maximum Gasteiger partial charge on any atom is 0.408 e. The summed E-state index contributed by atoms with van der Waals surface area (Å²) in [7, 11) is 8.09. The van der Waals surface area contributed by atoms with Gasteiger partial charge >= 0.3 is 12.1 Å². The zero-order valence-electron chi connectivity index (χ0n) is 20.0. The Hall–Kier alpha value is -2.12. The van der Waals surface area contributed by atoms with Crippen LogP contribution in [0.2, 0.25) is 0 Å². The van der Waals surface area contributed by atoms with E-state index in [0.29, 0.717) is 0 Å². The average molecular weight is 422 g/mol. The summed E-state index contributed by atoms with van der Waals surface area (Å²) in [5.41, 5.74) is 2.63. The Balaban J connectivity index is 2.88. The quantitative estimate of drug-likeness (QED) is 0.616. The van der Waals surface area contributed by atoms with Gasteiger partial charge in [-0.15, -0.1) is 0 Å². The summed E-state index contributed by atoms with van der Waals surface area (Å²) in [5.74, 6) is -0.600. The second kappa shape index (κ2) is 11.3. The maximum atomic E-state index is 12.7. The molecule has 0 heterocycles. The summed E-state index contributed by atoms with van der Waals surface area (Å²) in [6.07, 6.45) is -0.626. The first-order valence-electron chi connectivity index (χ1n) is 10.3. The highest BCUT2D eigenvalue weighted by Crippen LogP contribution is 2.16. The summed E-state index contributed by atoms with van der Waals surface area (Å²) in [6, 6.07) is 5.51. The number of alkyl carbamates (subject to hydrolysis) is 1. The molecular weight excluding hydrogens is 382 g/mol. The van der Waals surface area contributed by atoms with E-state index in [-0.39, 0.29) is 12.5 Å². The van der Waals surface area contributed by atoms with Gasteiger partial charge in [0.05, 0.1) is 0 Å². The van der Waals surface area contributed by atoms with Crippen LogP contribution in [0.1, 0.15) is 51.3 Å². The highest BCUT2D eigenvalue weighted by Gasteiger charge is 2.28. The van der Waals surface area contributed by atoms with E-state index in [4.69, 9.17) is 9.47 Å². The minimum atomic E-state index is -0.772. The van der Waals surface area contributed by atoms with E-state index in [2.05, 4.69) is 33.3 Å². The van der Waals surface area contributed by atoms with Gasteiger partial charge in [-0.1, -0.05) is 32.0 Å². The molecule has 30 heavy (non-hydrogen) atoms. The number of hydrogen-bond acceptors (Lipinski definition) is 6. The van der Waals surface area contributed by atoms with Gasteiger partial charge in [-0.2, -0.15) is 0 Å². The summed E-state index contributed by atoms with van der Waals surface area (Å²) in [6.45, 7) is 10.8. The van der Waals surface area contributed by atoms with Gasteiger partial charge in [0.15, 0.2) is 0 Å². The molecule has 0 aliphatic heterocycles. The predicted molar refractivity (Wildman–Crippen MR) is 119 cm³/mol. The monoisotopic (exact) mass is 421 g/mol. The highest BCUT2D eigenvalue weighted by molar-refractivity contribution is 5.81. The maximum absolute atomic E-state index is 12.7. The molecule has 7 heteroatoms. The molecule has 1 atom stereocenters. The fourth-order valence-electron chi connectivity index (χ4n) is 3.01. The second-order valence-electron chi connectivity index (χ2n) is 9.61. The number of carbonyl (C=O) groups excluding carboxylic acids is 2. The number of nitrogens with zero attached hydrogens (tertiary/aromatic N) is 2. The second-order valence-corrected chi connectivity index (χ2v) is 9.61.